The zero-order valence-electron chi connectivity index (χ0n) is 9.95. The van der Waals surface area contributed by atoms with Gasteiger partial charge < -0.3 is 5.73 Å². The van der Waals surface area contributed by atoms with E-state index in [9.17, 15) is 0 Å². The SMILES string of the molecule is Nc1nc(C2CCCCC2)nc(C2CC2)c1Br. The van der Waals surface area contributed by atoms with E-state index < -0.39 is 0 Å². The van der Waals surface area contributed by atoms with Crippen LogP contribution in [0, 0.1) is 0 Å². The molecule has 1 heterocycles. The normalized spacial score (nSPS) is 21.7. The summed E-state index contributed by atoms with van der Waals surface area (Å²) in [6.07, 6.45) is 8.93. The summed E-state index contributed by atoms with van der Waals surface area (Å²) in [5.41, 5.74) is 7.15. The van der Waals surface area contributed by atoms with Crippen LogP contribution in [0.3, 0.4) is 0 Å². The highest BCUT2D eigenvalue weighted by Crippen LogP contribution is 2.44. The quantitative estimate of drug-likeness (QED) is 0.904. The third kappa shape index (κ3) is 2.32. The minimum absolute atomic E-state index is 0.539. The van der Waals surface area contributed by atoms with Gasteiger partial charge in [0.15, 0.2) is 0 Å². The van der Waals surface area contributed by atoms with Crippen LogP contribution in [0.5, 0.6) is 0 Å². The Morgan fingerprint density at radius 1 is 0.941 bits per heavy atom. The Hall–Kier alpha value is -0.640. The van der Waals surface area contributed by atoms with Crippen LogP contribution in [-0.2, 0) is 0 Å². The Labute approximate surface area is 110 Å². The molecule has 0 aliphatic heterocycles. The molecule has 2 fully saturated rings. The van der Waals surface area contributed by atoms with Crippen molar-refractivity contribution in [2.45, 2.75) is 56.8 Å². The molecule has 17 heavy (non-hydrogen) atoms. The Kier molecular flexibility index (Phi) is 3.07. The summed E-state index contributed by atoms with van der Waals surface area (Å²) in [6.45, 7) is 0. The van der Waals surface area contributed by atoms with E-state index in [1.54, 1.807) is 0 Å². The van der Waals surface area contributed by atoms with E-state index in [0.29, 0.717) is 17.7 Å². The molecule has 0 spiro atoms. The second kappa shape index (κ2) is 4.56. The molecule has 0 atom stereocenters. The second-order valence-corrected chi connectivity index (χ2v) is 6.07. The van der Waals surface area contributed by atoms with Gasteiger partial charge in [-0.15, -0.1) is 0 Å². The number of rotatable bonds is 2. The average molecular weight is 296 g/mol. The van der Waals surface area contributed by atoms with Gasteiger partial charge in [0, 0.05) is 11.8 Å². The molecule has 0 unspecified atom stereocenters. The van der Waals surface area contributed by atoms with Crippen molar-refractivity contribution >= 4 is 21.7 Å². The number of nitrogens with two attached hydrogens (primary N) is 1. The summed E-state index contributed by atoms with van der Waals surface area (Å²) < 4.78 is 0.930. The van der Waals surface area contributed by atoms with Gasteiger partial charge in [0.05, 0.1) is 10.2 Å². The maximum atomic E-state index is 6.00. The Morgan fingerprint density at radius 2 is 1.65 bits per heavy atom. The van der Waals surface area contributed by atoms with Crippen LogP contribution in [0.1, 0.15) is 68.3 Å². The summed E-state index contributed by atoms with van der Waals surface area (Å²) in [5, 5.41) is 0. The number of halogens is 1. The lowest BCUT2D eigenvalue weighted by Gasteiger charge is -2.21. The first-order valence-corrected chi connectivity index (χ1v) is 7.38. The molecule has 4 heteroatoms. The number of hydrogen-bond donors (Lipinski definition) is 1. The molecule has 3 nitrogen and oxygen atoms in total. The zero-order chi connectivity index (χ0) is 11.8. The molecular formula is C13H18BrN3. The topological polar surface area (TPSA) is 51.8 Å². The van der Waals surface area contributed by atoms with Gasteiger partial charge in [0.2, 0.25) is 0 Å². The van der Waals surface area contributed by atoms with Gasteiger partial charge in [-0.05, 0) is 41.6 Å². The second-order valence-electron chi connectivity index (χ2n) is 5.28. The number of aromatic nitrogens is 2. The monoisotopic (exact) mass is 295 g/mol. The van der Waals surface area contributed by atoms with Gasteiger partial charge >= 0.3 is 0 Å². The van der Waals surface area contributed by atoms with E-state index in [2.05, 4.69) is 20.9 Å². The third-order valence-electron chi connectivity index (χ3n) is 3.85. The van der Waals surface area contributed by atoms with E-state index in [4.69, 9.17) is 10.7 Å². The van der Waals surface area contributed by atoms with Crippen LogP contribution in [-0.4, -0.2) is 9.97 Å². The predicted octanol–water partition coefficient (Wildman–Crippen LogP) is 3.75. The largest absolute Gasteiger partial charge is 0.383 e. The molecular weight excluding hydrogens is 278 g/mol. The summed E-state index contributed by atoms with van der Waals surface area (Å²) in [4.78, 5) is 9.27. The first kappa shape index (κ1) is 11.5. The minimum Gasteiger partial charge on any atom is -0.383 e. The molecule has 2 saturated carbocycles. The van der Waals surface area contributed by atoms with Crippen molar-refractivity contribution in [3.63, 3.8) is 0 Å². The van der Waals surface area contributed by atoms with Crippen LogP contribution in [0.25, 0.3) is 0 Å². The summed E-state index contributed by atoms with van der Waals surface area (Å²) in [6, 6.07) is 0. The van der Waals surface area contributed by atoms with E-state index in [1.165, 1.54) is 44.9 Å². The lowest BCUT2D eigenvalue weighted by atomic mass is 9.88. The summed E-state index contributed by atoms with van der Waals surface area (Å²) in [7, 11) is 0. The fourth-order valence-electron chi connectivity index (χ4n) is 2.67. The molecule has 92 valence electrons. The highest BCUT2D eigenvalue weighted by Gasteiger charge is 2.30. The maximum absolute atomic E-state index is 6.00. The highest BCUT2D eigenvalue weighted by molar-refractivity contribution is 9.10. The lowest BCUT2D eigenvalue weighted by molar-refractivity contribution is 0.428. The molecule has 0 saturated heterocycles. The standard InChI is InChI=1S/C13H18BrN3/c14-10-11(8-6-7-8)16-13(17-12(10)15)9-4-2-1-3-5-9/h8-9H,1-7H2,(H2,15,16,17). The van der Waals surface area contributed by atoms with Crippen molar-refractivity contribution in [2.24, 2.45) is 0 Å². The highest BCUT2D eigenvalue weighted by atomic mass is 79.9. The van der Waals surface area contributed by atoms with Gasteiger partial charge in [-0.25, -0.2) is 9.97 Å². The molecule has 0 aromatic carbocycles. The molecule has 0 bridgehead atoms. The fourth-order valence-corrected chi connectivity index (χ4v) is 3.17. The molecule has 2 aliphatic rings. The van der Waals surface area contributed by atoms with Gasteiger partial charge in [-0.2, -0.15) is 0 Å². The number of nitrogens with zero attached hydrogens (tertiary/aromatic N) is 2. The molecule has 0 amide bonds. The van der Waals surface area contributed by atoms with Crippen LogP contribution in [0.15, 0.2) is 4.47 Å². The number of anilines is 1. The van der Waals surface area contributed by atoms with E-state index in [-0.39, 0.29) is 0 Å². The molecule has 1 aromatic rings. The van der Waals surface area contributed by atoms with E-state index in [0.717, 1.165) is 16.0 Å². The number of nitrogen functional groups attached to an aromatic ring is 1. The van der Waals surface area contributed by atoms with Gasteiger partial charge in [0.1, 0.15) is 11.6 Å². The Bertz CT molecular complexity index is 423. The van der Waals surface area contributed by atoms with Crippen LogP contribution in [0.2, 0.25) is 0 Å². The van der Waals surface area contributed by atoms with E-state index >= 15 is 0 Å². The lowest BCUT2D eigenvalue weighted by Crippen LogP contribution is -2.12. The Balaban J connectivity index is 1.93. The molecule has 1 aromatic heterocycles. The van der Waals surface area contributed by atoms with Crippen LogP contribution < -0.4 is 5.73 Å². The maximum Gasteiger partial charge on any atom is 0.141 e. The first-order valence-electron chi connectivity index (χ1n) is 6.58. The predicted molar refractivity (Wildman–Crippen MR) is 71.9 cm³/mol. The third-order valence-corrected chi connectivity index (χ3v) is 4.67. The molecule has 3 rings (SSSR count). The van der Waals surface area contributed by atoms with Crippen LogP contribution >= 0.6 is 15.9 Å². The van der Waals surface area contributed by atoms with Gasteiger partial charge in [-0.1, -0.05) is 19.3 Å². The van der Waals surface area contributed by atoms with E-state index in [1.807, 2.05) is 0 Å². The minimum atomic E-state index is 0.539. The summed E-state index contributed by atoms with van der Waals surface area (Å²) in [5.74, 6) is 2.78. The van der Waals surface area contributed by atoms with Gasteiger partial charge in [-0.3, -0.25) is 0 Å². The first-order chi connectivity index (χ1) is 8.25. The van der Waals surface area contributed by atoms with Crippen molar-refractivity contribution < 1.29 is 0 Å². The average Bonchev–Trinajstić information content (AvgIpc) is 3.18. The number of hydrogen-bond acceptors (Lipinski definition) is 3. The molecule has 0 radical (unpaired) electrons. The van der Waals surface area contributed by atoms with Gasteiger partial charge in [0.25, 0.3) is 0 Å². The van der Waals surface area contributed by atoms with Crippen molar-refractivity contribution in [1.29, 1.82) is 0 Å². The smallest absolute Gasteiger partial charge is 0.141 e. The van der Waals surface area contributed by atoms with Crippen LogP contribution in [0.4, 0.5) is 5.82 Å². The zero-order valence-corrected chi connectivity index (χ0v) is 11.5. The Morgan fingerprint density at radius 3 is 2.29 bits per heavy atom. The summed E-state index contributed by atoms with van der Waals surface area (Å²) >= 11 is 3.53. The van der Waals surface area contributed by atoms with Crippen molar-refractivity contribution in [3.05, 3.63) is 16.0 Å². The van der Waals surface area contributed by atoms with Crippen molar-refractivity contribution in [3.8, 4) is 0 Å². The van der Waals surface area contributed by atoms with Crippen molar-refractivity contribution in [1.82, 2.24) is 9.97 Å². The molecule has 2 N–H and O–H groups in total. The van der Waals surface area contributed by atoms with Crippen molar-refractivity contribution in [2.75, 3.05) is 5.73 Å². The molecule has 2 aliphatic carbocycles. The fraction of sp³-hybridized carbons (Fsp3) is 0.692.